The van der Waals surface area contributed by atoms with Crippen molar-refractivity contribution >= 4 is 23.3 Å². The molecule has 27 heavy (non-hydrogen) atoms. The number of fused-ring (bicyclic) bond motifs is 1. The van der Waals surface area contributed by atoms with Crippen molar-refractivity contribution in [1.29, 1.82) is 0 Å². The number of urea groups is 1. The van der Waals surface area contributed by atoms with Gasteiger partial charge >= 0.3 is 6.03 Å². The first-order chi connectivity index (χ1) is 13.2. The second-order valence-electron chi connectivity index (χ2n) is 9.07. The SMILES string of the molecule is O=C1CCCCN1c1cccc(NC(=O)N2CC3CC4CC(C3)CC2C4)c1. The van der Waals surface area contributed by atoms with Gasteiger partial charge in [0.25, 0.3) is 0 Å². The van der Waals surface area contributed by atoms with E-state index in [-0.39, 0.29) is 11.9 Å². The van der Waals surface area contributed by atoms with Gasteiger partial charge in [-0.15, -0.1) is 0 Å². The summed E-state index contributed by atoms with van der Waals surface area (Å²) in [5.74, 6) is 2.53. The van der Waals surface area contributed by atoms with E-state index in [0.29, 0.717) is 18.4 Å². The first-order valence-corrected chi connectivity index (χ1v) is 10.6. The molecule has 1 aromatic rings. The highest BCUT2D eigenvalue weighted by atomic mass is 16.2. The molecule has 1 aromatic carbocycles. The number of carbonyl (C=O) groups excluding carboxylic acids is 2. The first-order valence-electron chi connectivity index (χ1n) is 10.6. The Morgan fingerprint density at radius 1 is 1.00 bits per heavy atom. The summed E-state index contributed by atoms with van der Waals surface area (Å²) in [6.07, 6.45) is 9.01. The summed E-state index contributed by atoms with van der Waals surface area (Å²) >= 11 is 0. The van der Waals surface area contributed by atoms with E-state index in [0.717, 1.165) is 49.1 Å². The molecule has 2 aliphatic carbocycles. The molecule has 2 atom stereocenters. The lowest BCUT2D eigenvalue weighted by molar-refractivity contribution is -0.119. The van der Waals surface area contributed by atoms with Crippen molar-refractivity contribution in [2.75, 3.05) is 23.3 Å². The molecule has 4 bridgehead atoms. The minimum absolute atomic E-state index is 0.0373. The quantitative estimate of drug-likeness (QED) is 0.850. The van der Waals surface area contributed by atoms with E-state index in [4.69, 9.17) is 0 Å². The zero-order chi connectivity index (χ0) is 18.4. The number of anilines is 2. The maximum Gasteiger partial charge on any atom is 0.322 e. The highest BCUT2D eigenvalue weighted by Crippen LogP contribution is 2.47. The van der Waals surface area contributed by atoms with Crippen LogP contribution < -0.4 is 10.2 Å². The molecule has 3 aliphatic heterocycles. The van der Waals surface area contributed by atoms with Crippen LogP contribution in [0.5, 0.6) is 0 Å². The molecule has 0 spiro atoms. The van der Waals surface area contributed by atoms with Crippen molar-refractivity contribution in [1.82, 2.24) is 4.90 Å². The average Bonchev–Trinajstić information content (AvgIpc) is 2.86. The third kappa shape index (κ3) is 3.32. The zero-order valence-corrected chi connectivity index (χ0v) is 15.9. The van der Waals surface area contributed by atoms with Crippen LogP contribution in [0.25, 0.3) is 0 Å². The van der Waals surface area contributed by atoms with Gasteiger partial charge in [-0.3, -0.25) is 4.79 Å². The van der Waals surface area contributed by atoms with E-state index in [1.807, 2.05) is 29.2 Å². The number of hydrogen-bond acceptors (Lipinski definition) is 2. The smallest absolute Gasteiger partial charge is 0.321 e. The summed E-state index contributed by atoms with van der Waals surface area (Å²) < 4.78 is 0. The summed E-state index contributed by atoms with van der Waals surface area (Å²) in [5.41, 5.74) is 1.69. The lowest BCUT2D eigenvalue weighted by Crippen LogP contribution is -2.44. The van der Waals surface area contributed by atoms with Crippen LogP contribution in [0.1, 0.15) is 51.4 Å². The number of nitrogens with one attached hydrogen (secondary N) is 1. The highest BCUT2D eigenvalue weighted by Gasteiger charge is 2.44. The van der Waals surface area contributed by atoms with Crippen LogP contribution in [0, 0.1) is 17.8 Å². The van der Waals surface area contributed by atoms with E-state index in [2.05, 4.69) is 10.2 Å². The monoisotopic (exact) mass is 367 g/mol. The second kappa shape index (κ2) is 6.84. The molecule has 144 valence electrons. The van der Waals surface area contributed by atoms with Crippen LogP contribution in [0.4, 0.5) is 16.2 Å². The van der Waals surface area contributed by atoms with Gasteiger partial charge < -0.3 is 15.1 Å². The first kappa shape index (κ1) is 17.1. The number of rotatable bonds is 2. The van der Waals surface area contributed by atoms with Gasteiger partial charge in [-0.1, -0.05) is 6.07 Å². The molecule has 3 heterocycles. The number of nitrogens with zero attached hydrogens (tertiary/aromatic N) is 2. The standard InChI is InChI=1S/C22H29N3O2/c26-21-6-1-2-7-24(21)19-5-3-4-18(13-19)23-22(27)25-14-17-9-15-8-16(10-17)12-20(25)11-15/h3-5,13,15-17,20H,1-2,6-12,14H2,(H,23,27). The van der Waals surface area contributed by atoms with Crippen molar-refractivity contribution in [3.8, 4) is 0 Å². The lowest BCUT2D eigenvalue weighted by atomic mass is 9.68. The van der Waals surface area contributed by atoms with Crippen LogP contribution in [0.2, 0.25) is 0 Å². The minimum Gasteiger partial charge on any atom is -0.321 e. The molecular formula is C22H29N3O2. The Morgan fingerprint density at radius 2 is 1.78 bits per heavy atom. The number of carbonyl (C=O) groups is 2. The van der Waals surface area contributed by atoms with Gasteiger partial charge in [-0.2, -0.15) is 0 Å². The van der Waals surface area contributed by atoms with Crippen LogP contribution >= 0.6 is 0 Å². The normalized spacial score (nSPS) is 32.5. The van der Waals surface area contributed by atoms with Gasteiger partial charge in [-0.05, 0) is 80.9 Å². The minimum atomic E-state index is 0.0373. The Labute approximate surface area is 161 Å². The molecule has 0 radical (unpaired) electrons. The predicted molar refractivity (Wildman–Crippen MR) is 106 cm³/mol. The zero-order valence-electron chi connectivity index (χ0n) is 15.9. The summed E-state index contributed by atoms with van der Waals surface area (Å²) in [6, 6.07) is 8.22. The third-order valence-corrected chi connectivity index (χ3v) is 7.10. The summed E-state index contributed by atoms with van der Waals surface area (Å²) in [4.78, 5) is 29.2. The fraction of sp³-hybridized carbons (Fsp3) is 0.636. The molecule has 5 heteroatoms. The summed E-state index contributed by atoms with van der Waals surface area (Å²) in [7, 11) is 0. The maximum atomic E-state index is 13.1. The predicted octanol–water partition coefficient (Wildman–Crippen LogP) is 4.25. The van der Waals surface area contributed by atoms with Gasteiger partial charge in [0, 0.05) is 36.9 Å². The number of amides is 3. The van der Waals surface area contributed by atoms with Crippen molar-refractivity contribution in [2.24, 2.45) is 17.8 Å². The number of piperidine rings is 1. The molecule has 5 nitrogen and oxygen atoms in total. The molecule has 6 rings (SSSR count). The summed E-state index contributed by atoms with van der Waals surface area (Å²) in [6.45, 7) is 1.68. The second-order valence-corrected chi connectivity index (χ2v) is 9.07. The molecule has 5 aliphatic rings. The van der Waals surface area contributed by atoms with Crippen LogP contribution in [0.3, 0.4) is 0 Å². The molecule has 1 N–H and O–H groups in total. The summed E-state index contributed by atoms with van der Waals surface area (Å²) in [5, 5.41) is 3.13. The van der Waals surface area contributed by atoms with E-state index in [1.165, 1.54) is 32.1 Å². The molecule has 0 aromatic heterocycles. The fourth-order valence-electron chi connectivity index (χ4n) is 6.06. The van der Waals surface area contributed by atoms with E-state index >= 15 is 0 Å². The van der Waals surface area contributed by atoms with Gasteiger partial charge in [0.1, 0.15) is 0 Å². The Kier molecular flexibility index (Phi) is 4.33. The number of hydrogen-bond donors (Lipinski definition) is 1. The third-order valence-electron chi connectivity index (χ3n) is 7.10. The van der Waals surface area contributed by atoms with Crippen molar-refractivity contribution in [2.45, 2.75) is 57.4 Å². The lowest BCUT2D eigenvalue weighted by Gasteiger charge is -2.38. The Bertz CT molecular complexity index is 735. The highest BCUT2D eigenvalue weighted by molar-refractivity contribution is 5.95. The van der Waals surface area contributed by atoms with E-state index in [9.17, 15) is 9.59 Å². The van der Waals surface area contributed by atoms with Crippen molar-refractivity contribution < 1.29 is 9.59 Å². The topological polar surface area (TPSA) is 52.7 Å². The Morgan fingerprint density at radius 3 is 2.56 bits per heavy atom. The molecule has 5 fully saturated rings. The van der Waals surface area contributed by atoms with Crippen LogP contribution in [0.15, 0.2) is 24.3 Å². The molecule has 3 amide bonds. The molecule has 2 unspecified atom stereocenters. The van der Waals surface area contributed by atoms with Gasteiger partial charge in [-0.25, -0.2) is 4.79 Å². The average molecular weight is 367 g/mol. The fourth-order valence-corrected chi connectivity index (χ4v) is 6.06. The molecule has 2 saturated carbocycles. The Hall–Kier alpha value is -2.04. The number of benzene rings is 1. The maximum absolute atomic E-state index is 13.1. The molecular weight excluding hydrogens is 338 g/mol. The largest absolute Gasteiger partial charge is 0.322 e. The van der Waals surface area contributed by atoms with Gasteiger partial charge in [0.15, 0.2) is 0 Å². The van der Waals surface area contributed by atoms with Crippen molar-refractivity contribution in [3.05, 3.63) is 24.3 Å². The van der Waals surface area contributed by atoms with E-state index < -0.39 is 0 Å². The van der Waals surface area contributed by atoms with Gasteiger partial charge in [0.2, 0.25) is 5.91 Å². The van der Waals surface area contributed by atoms with Crippen molar-refractivity contribution in [3.63, 3.8) is 0 Å². The van der Waals surface area contributed by atoms with Crippen LogP contribution in [-0.4, -0.2) is 36.0 Å². The van der Waals surface area contributed by atoms with E-state index in [1.54, 1.807) is 0 Å². The molecule has 3 saturated heterocycles. The van der Waals surface area contributed by atoms with Crippen LogP contribution in [-0.2, 0) is 4.79 Å². The van der Waals surface area contributed by atoms with Gasteiger partial charge in [0.05, 0.1) is 0 Å². The Balaban J connectivity index is 1.31.